The lowest BCUT2D eigenvalue weighted by molar-refractivity contribution is -0.116. The fraction of sp³-hybridized carbons (Fsp3) is 0.222. The van der Waals surface area contributed by atoms with Crippen LogP contribution in [0.4, 0.5) is 5.13 Å². The highest BCUT2D eigenvalue weighted by Gasteiger charge is 2.15. The van der Waals surface area contributed by atoms with Crippen LogP contribution in [-0.2, 0) is 11.3 Å². The largest absolute Gasteiger partial charge is 0.302 e. The summed E-state index contributed by atoms with van der Waals surface area (Å²) in [4.78, 5) is 35.6. The van der Waals surface area contributed by atoms with Gasteiger partial charge < -0.3 is 5.32 Å². The maximum Gasteiger partial charge on any atom is 0.262 e. The highest BCUT2D eigenvalue weighted by atomic mass is 35.5. The number of amides is 1. The van der Waals surface area contributed by atoms with Crippen molar-refractivity contribution in [2.24, 2.45) is 0 Å². The van der Waals surface area contributed by atoms with Gasteiger partial charge in [0.1, 0.15) is 9.17 Å². The summed E-state index contributed by atoms with van der Waals surface area (Å²) in [6.07, 6.45) is 1.63. The molecule has 1 N–H and O–H groups in total. The van der Waals surface area contributed by atoms with Gasteiger partial charge in [-0.1, -0.05) is 23.2 Å². The van der Waals surface area contributed by atoms with Gasteiger partial charge in [-0.05, 0) is 25.5 Å². The Morgan fingerprint density at radius 1 is 1.28 bits per heavy atom. The van der Waals surface area contributed by atoms with E-state index in [1.807, 2.05) is 19.2 Å². The first-order valence-corrected chi connectivity index (χ1v) is 11.8. The Hall–Kier alpha value is -1.78. The van der Waals surface area contributed by atoms with E-state index >= 15 is 0 Å². The smallest absolute Gasteiger partial charge is 0.262 e. The van der Waals surface area contributed by atoms with E-state index in [2.05, 4.69) is 15.3 Å². The predicted molar refractivity (Wildman–Crippen MR) is 122 cm³/mol. The summed E-state index contributed by atoms with van der Waals surface area (Å²) in [5, 5.41) is 5.67. The molecular formula is C18H14Cl2N4O2S3. The number of thiophene rings is 2. The van der Waals surface area contributed by atoms with Gasteiger partial charge in [-0.2, -0.15) is 0 Å². The standard InChI is InChI=1S/C18H14Cl2N4O2S3/c1-8-9(2)28-16-14(8)17(26)24(7-21-16)4-3-13(25)23-18-22-11(6-27-18)10-5-12(19)29-15(10)20/h5-7H,3-4H2,1-2H3,(H,22,23,25). The number of carbonyl (C=O) groups excluding carboxylic acids is 1. The molecule has 0 spiro atoms. The van der Waals surface area contributed by atoms with Gasteiger partial charge in [0, 0.05) is 28.8 Å². The highest BCUT2D eigenvalue weighted by Crippen LogP contribution is 2.39. The summed E-state index contributed by atoms with van der Waals surface area (Å²) in [5.74, 6) is -0.231. The van der Waals surface area contributed by atoms with Crippen LogP contribution < -0.4 is 10.9 Å². The van der Waals surface area contributed by atoms with Crippen molar-refractivity contribution >= 4 is 78.5 Å². The topological polar surface area (TPSA) is 76.9 Å². The third kappa shape index (κ3) is 4.10. The number of thiazole rings is 1. The van der Waals surface area contributed by atoms with Crippen LogP contribution in [0.15, 0.2) is 22.6 Å². The number of aromatic nitrogens is 3. The van der Waals surface area contributed by atoms with Crippen molar-refractivity contribution in [3.05, 3.63) is 47.2 Å². The van der Waals surface area contributed by atoms with Crippen molar-refractivity contribution in [2.75, 3.05) is 5.32 Å². The molecule has 0 fully saturated rings. The molecule has 29 heavy (non-hydrogen) atoms. The molecule has 0 saturated heterocycles. The molecule has 6 nitrogen and oxygen atoms in total. The molecule has 4 aromatic heterocycles. The first-order chi connectivity index (χ1) is 13.8. The Kier molecular flexibility index (Phi) is 5.76. The van der Waals surface area contributed by atoms with Crippen LogP contribution in [0.5, 0.6) is 0 Å². The van der Waals surface area contributed by atoms with Crippen LogP contribution in [0.2, 0.25) is 8.67 Å². The van der Waals surface area contributed by atoms with Gasteiger partial charge in [0.25, 0.3) is 5.56 Å². The maximum absolute atomic E-state index is 12.7. The van der Waals surface area contributed by atoms with E-state index in [9.17, 15) is 9.59 Å². The Labute approximate surface area is 187 Å². The van der Waals surface area contributed by atoms with Gasteiger partial charge in [0.2, 0.25) is 5.91 Å². The summed E-state index contributed by atoms with van der Waals surface area (Å²) in [7, 11) is 0. The minimum absolute atomic E-state index is 0.120. The normalized spacial score (nSPS) is 11.3. The third-order valence-corrected chi connectivity index (χ3v) is 7.78. The van der Waals surface area contributed by atoms with Gasteiger partial charge >= 0.3 is 0 Å². The molecule has 0 aliphatic carbocycles. The molecule has 0 radical (unpaired) electrons. The quantitative estimate of drug-likeness (QED) is 0.400. The Bertz CT molecular complexity index is 1290. The average molecular weight is 485 g/mol. The molecule has 0 bridgehead atoms. The molecule has 0 saturated carbocycles. The highest BCUT2D eigenvalue weighted by molar-refractivity contribution is 7.20. The van der Waals surface area contributed by atoms with Crippen molar-refractivity contribution in [3.63, 3.8) is 0 Å². The minimum Gasteiger partial charge on any atom is -0.302 e. The lowest BCUT2D eigenvalue weighted by Crippen LogP contribution is -2.23. The number of carbonyl (C=O) groups is 1. The molecule has 11 heteroatoms. The maximum atomic E-state index is 12.7. The SMILES string of the molecule is Cc1sc2ncn(CCC(=O)Nc3nc(-c4cc(Cl)sc4Cl)cs3)c(=O)c2c1C. The Morgan fingerprint density at radius 2 is 2.07 bits per heavy atom. The molecule has 4 aromatic rings. The number of nitrogens with one attached hydrogen (secondary N) is 1. The zero-order valence-electron chi connectivity index (χ0n) is 15.3. The summed E-state index contributed by atoms with van der Waals surface area (Å²) in [6, 6.07) is 1.75. The number of hydrogen-bond acceptors (Lipinski definition) is 7. The number of rotatable bonds is 5. The van der Waals surface area contributed by atoms with Gasteiger partial charge in [-0.15, -0.1) is 34.0 Å². The molecule has 4 rings (SSSR count). The molecule has 0 unspecified atom stereocenters. The molecule has 0 aromatic carbocycles. The zero-order valence-corrected chi connectivity index (χ0v) is 19.2. The fourth-order valence-corrected chi connectivity index (χ4v) is 6.00. The zero-order chi connectivity index (χ0) is 20.7. The first-order valence-electron chi connectivity index (χ1n) is 8.49. The molecule has 150 valence electrons. The van der Waals surface area contributed by atoms with Crippen LogP contribution in [-0.4, -0.2) is 20.4 Å². The van der Waals surface area contributed by atoms with E-state index in [1.54, 1.807) is 6.07 Å². The van der Waals surface area contributed by atoms with Crippen molar-refractivity contribution < 1.29 is 4.79 Å². The number of fused-ring (bicyclic) bond motifs is 1. The fourth-order valence-electron chi connectivity index (χ4n) is 2.80. The number of anilines is 1. The van der Waals surface area contributed by atoms with E-state index in [1.165, 1.54) is 44.9 Å². The summed E-state index contributed by atoms with van der Waals surface area (Å²) in [5.41, 5.74) is 2.23. The van der Waals surface area contributed by atoms with Crippen molar-refractivity contribution in [1.82, 2.24) is 14.5 Å². The van der Waals surface area contributed by atoms with Gasteiger partial charge in [0.05, 0.1) is 21.7 Å². The molecular weight excluding hydrogens is 471 g/mol. The van der Waals surface area contributed by atoms with Crippen LogP contribution in [0, 0.1) is 13.8 Å². The molecule has 0 aliphatic rings. The number of hydrogen-bond donors (Lipinski definition) is 1. The van der Waals surface area contributed by atoms with Crippen LogP contribution >= 0.6 is 57.2 Å². The summed E-state index contributed by atoms with van der Waals surface area (Å²) in [6.45, 7) is 4.13. The van der Waals surface area contributed by atoms with Gasteiger partial charge in [0.15, 0.2) is 5.13 Å². The second kappa shape index (κ2) is 8.16. The lowest BCUT2D eigenvalue weighted by atomic mass is 10.2. The summed E-state index contributed by atoms with van der Waals surface area (Å²) >= 11 is 16.2. The summed E-state index contributed by atoms with van der Waals surface area (Å²) < 4.78 is 2.61. The molecule has 0 aliphatic heterocycles. The van der Waals surface area contributed by atoms with Gasteiger partial charge in [-0.3, -0.25) is 14.2 Å². The Morgan fingerprint density at radius 3 is 2.79 bits per heavy atom. The van der Waals surface area contributed by atoms with E-state index in [0.29, 0.717) is 24.9 Å². The number of halogens is 2. The second-order valence-electron chi connectivity index (χ2n) is 6.28. The lowest BCUT2D eigenvalue weighted by Gasteiger charge is -2.05. The van der Waals surface area contributed by atoms with Crippen LogP contribution in [0.3, 0.4) is 0 Å². The number of nitrogens with zero attached hydrogens (tertiary/aromatic N) is 3. The van der Waals surface area contributed by atoms with E-state index in [-0.39, 0.29) is 24.4 Å². The minimum atomic E-state index is -0.231. The van der Waals surface area contributed by atoms with Gasteiger partial charge in [-0.25, -0.2) is 9.97 Å². The van der Waals surface area contributed by atoms with Crippen LogP contribution in [0.25, 0.3) is 21.5 Å². The number of aryl methyl sites for hydroxylation is 3. The van der Waals surface area contributed by atoms with Crippen molar-refractivity contribution in [2.45, 2.75) is 26.8 Å². The molecule has 1 amide bonds. The Balaban J connectivity index is 1.44. The van der Waals surface area contributed by atoms with E-state index in [4.69, 9.17) is 23.2 Å². The van der Waals surface area contributed by atoms with E-state index in [0.717, 1.165) is 20.8 Å². The average Bonchev–Trinajstić information content (AvgIpc) is 3.33. The molecule has 0 atom stereocenters. The first kappa shape index (κ1) is 20.5. The second-order valence-corrected chi connectivity index (χ2v) is 10.6. The predicted octanol–water partition coefficient (Wildman–Crippen LogP) is 5.60. The monoisotopic (exact) mass is 484 g/mol. The van der Waals surface area contributed by atoms with Crippen molar-refractivity contribution in [1.29, 1.82) is 0 Å². The van der Waals surface area contributed by atoms with E-state index < -0.39 is 0 Å². The van der Waals surface area contributed by atoms with Crippen molar-refractivity contribution in [3.8, 4) is 11.3 Å². The van der Waals surface area contributed by atoms with Crippen LogP contribution in [0.1, 0.15) is 16.9 Å². The molecule has 4 heterocycles. The third-order valence-electron chi connectivity index (χ3n) is 4.42.